The molecule has 4 N–H and O–H groups in total. The van der Waals surface area contributed by atoms with Gasteiger partial charge in [-0.05, 0) is 54.7 Å². The van der Waals surface area contributed by atoms with Crippen molar-refractivity contribution < 1.29 is 28.8 Å². The maximum Gasteiger partial charge on any atom is 0.391 e. The number of hydrogen-bond acceptors (Lipinski definition) is 7. The van der Waals surface area contributed by atoms with Crippen molar-refractivity contribution in [1.29, 1.82) is 0 Å². The maximum absolute atomic E-state index is 9.30. The fourth-order valence-corrected chi connectivity index (χ4v) is 3.99. The van der Waals surface area contributed by atoms with Crippen LogP contribution < -0.4 is 9.26 Å². The Morgan fingerprint density at radius 2 is 1.84 bits per heavy atom. The molecular weight excluding hydrogens is 382 g/mol. The van der Waals surface area contributed by atoms with Crippen LogP contribution in [-0.4, -0.2) is 37.7 Å². The molecule has 9 heteroatoms. The average molecular weight is 408 g/mol. The third kappa shape index (κ3) is 6.69. The summed E-state index contributed by atoms with van der Waals surface area (Å²) in [7, 11) is -4.45. The molecular formula is C16H26O6P2S. The van der Waals surface area contributed by atoms with Crippen LogP contribution in [0.3, 0.4) is 0 Å². The fourth-order valence-electron chi connectivity index (χ4n) is 2.84. The first-order chi connectivity index (χ1) is 11.6. The van der Waals surface area contributed by atoms with Crippen molar-refractivity contribution in [2.45, 2.75) is 46.0 Å². The molecule has 142 valence electrons. The van der Waals surface area contributed by atoms with Gasteiger partial charge >= 0.3 is 8.60 Å². The van der Waals surface area contributed by atoms with Gasteiger partial charge in [0.25, 0.3) is 0 Å². The lowest BCUT2D eigenvalue weighted by Crippen LogP contribution is -2.21. The molecule has 1 aromatic carbocycles. The van der Waals surface area contributed by atoms with E-state index in [-0.39, 0.29) is 5.41 Å². The maximum atomic E-state index is 9.30. The molecule has 0 aromatic heterocycles. The minimum absolute atomic E-state index is 0.303. The van der Waals surface area contributed by atoms with Gasteiger partial charge in [-0.1, -0.05) is 26.1 Å². The zero-order valence-corrected chi connectivity index (χ0v) is 17.5. The standard InChI is InChI=1S/C16H26O6P2S/c1-11-10-13(22-24(19)20)14(16(3,4)6-9-25)12(2)15(11)21-7-5-8-23(17)18/h9-10,17-20H,5-8H2,1-4H3. The van der Waals surface area contributed by atoms with Gasteiger partial charge in [-0.2, -0.15) is 0 Å². The molecule has 0 amide bonds. The van der Waals surface area contributed by atoms with E-state index in [1.807, 2.05) is 27.7 Å². The summed E-state index contributed by atoms with van der Waals surface area (Å²) in [5, 5.41) is 1.65. The highest BCUT2D eigenvalue weighted by Crippen LogP contribution is 2.45. The summed E-state index contributed by atoms with van der Waals surface area (Å²) in [5.74, 6) is 1.11. The molecule has 0 bridgehead atoms. The van der Waals surface area contributed by atoms with Crippen LogP contribution in [-0.2, 0) is 5.41 Å². The van der Waals surface area contributed by atoms with E-state index in [0.29, 0.717) is 37.1 Å². The molecule has 0 unspecified atom stereocenters. The molecule has 0 atom stereocenters. The molecule has 1 rings (SSSR count). The second kappa shape index (κ2) is 10.1. The Hall–Kier alpha value is -0.390. The molecule has 25 heavy (non-hydrogen) atoms. The van der Waals surface area contributed by atoms with Crippen LogP contribution in [0.2, 0.25) is 0 Å². The van der Waals surface area contributed by atoms with Crippen molar-refractivity contribution in [2.24, 2.45) is 0 Å². The number of ether oxygens (including phenoxy) is 1. The highest BCUT2D eigenvalue weighted by molar-refractivity contribution is 7.78. The van der Waals surface area contributed by atoms with Crippen LogP contribution in [0.15, 0.2) is 6.07 Å². The minimum atomic E-state index is -2.54. The predicted octanol–water partition coefficient (Wildman–Crippen LogP) is 3.63. The van der Waals surface area contributed by atoms with Gasteiger partial charge in [0.15, 0.2) is 8.38 Å². The van der Waals surface area contributed by atoms with Gasteiger partial charge in [0.05, 0.1) is 6.61 Å². The largest absolute Gasteiger partial charge is 0.493 e. The summed E-state index contributed by atoms with van der Waals surface area (Å²) < 4.78 is 11.1. The van der Waals surface area contributed by atoms with Crippen molar-refractivity contribution in [3.63, 3.8) is 0 Å². The van der Waals surface area contributed by atoms with E-state index in [1.54, 1.807) is 11.4 Å². The lowest BCUT2D eigenvalue weighted by atomic mass is 9.78. The molecule has 0 saturated carbocycles. The minimum Gasteiger partial charge on any atom is -0.493 e. The third-order valence-electron chi connectivity index (χ3n) is 3.87. The SMILES string of the molecule is Cc1cc(OP(O)O)c(C(C)(C)CC=S)c(C)c1OCCCP(O)O. The molecule has 1 aromatic rings. The Labute approximate surface area is 156 Å². The van der Waals surface area contributed by atoms with Crippen LogP contribution in [0.4, 0.5) is 0 Å². The van der Waals surface area contributed by atoms with E-state index in [9.17, 15) is 9.79 Å². The van der Waals surface area contributed by atoms with Crippen LogP contribution in [0, 0.1) is 13.8 Å². The number of rotatable bonds is 10. The van der Waals surface area contributed by atoms with E-state index in [1.165, 1.54) is 0 Å². The predicted molar refractivity (Wildman–Crippen MR) is 106 cm³/mol. The second-order valence-corrected chi connectivity index (χ2v) is 8.63. The van der Waals surface area contributed by atoms with E-state index in [0.717, 1.165) is 16.7 Å². The van der Waals surface area contributed by atoms with Crippen molar-refractivity contribution in [3.05, 3.63) is 22.8 Å². The molecule has 0 aliphatic carbocycles. The Morgan fingerprint density at radius 3 is 2.36 bits per heavy atom. The molecule has 0 fully saturated rings. The van der Waals surface area contributed by atoms with Crippen LogP contribution >= 0.6 is 29.2 Å². The van der Waals surface area contributed by atoms with Gasteiger partial charge in [-0.15, -0.1) is 0 Å². The first kappa shape index (κ1) is 22.7. The van der Waals surface area contributed by atoms with Gasteiger partial charge < -0.3 is 28.8 Å². The zero-order valence-electron chi connectivity index (χ0n) is 14.9. The smallest absolute Gasteiger partial charge is 0.391 e. The quantitative estimate of drug-likeness (QED) is 0.267. The van der Waals surface area contributed by atoms with Crippen LogP contribution in [0.5, 0.6) is 11.5 Å². The highest BCUT2D eigenvalue weighted by atomic mass is 32.1. The summed E-state index contributed by atoms with van der Waals surface area (Å²) in [4.78, 5) is 36.5. The molecule has 0 aliphatic heterocycles. The van der Waals surface area contributed by atoms with Crippen molar-refractivity contribution >= 4 is 34.6 Å². The van der Waals surface area contributed by atoms with Gasteiger partial charge in [0.2, 0.25) is 0 Å². The summed E-state index contributed by atoms with van der Waals surface area (Å²) in [6, 6.07) is 1.73. The van der Waals surface area contributed by atoms with Gasteiger partial charge in [0.1, 0.15) is 11.5 Å². The first-order valence-electron chi connectivity index (χ1n) is 7.82. The number of hydrogen-bond donors (Lipinski definition) is 4. The van der Waals surface area contributed by atoms with Gasteiger partial charge in [-0.3, -0.25) is 0 Å². The normalized spacial score (nSPS) is 11.9. The molecule has 0 saturated heterocycles. The Bertz CT molecular complexity index is 592. The van der Waals surface area contributed by atoms with Crippen LogP contribution in [0.1, 0.15) is 43.4 Å². The second-order valence-electron chi connectivity index (χ2n) is 6.42. The summed E-state index contributed by atoms with van der Waals surface area (Å²) in [6.45, 7) is 8.13. The van der Waals surface area contributed by atoms with Crippen molar-refractivity contribution in [2.75, 3.05) is 12.8 Å². The third-order valence-corrected chi connectivity index (χ3v) is 5.11. The Morgan fingerprint density at radius 1 is 1.20 bits per heavy atom. The van der Waals surface area contributed by atoms with E-state index >= 15 is 0 Å². The summed E-state index contributed by atoms with van der Waals surface area (Å²) in [6.07, 6.45) is 1.44. The molecule has 0 aliphatic rings. The van der Waals surface area contributed by atoms with Crippen LogP contribution in [0.25, 0.3) is 0 Å². The van der Waals surface area contributed by atoms with Gasteiger partial charge in [-0.25, -0.2) is 0 Å². The van der Waals surface area contributed by atoms with E-state index in [2.05, 4.69) is 0 Å². The Balaban J connectivity index is 3.25. The summed E-state index contributed by atoms with van der Waals surface area (Å²) in [5.41, 5.74) is 2.10. The topological polar surface area (TPSA) is 99.4 Å². The molecule has 6 nitrogen and oxygen atoms in total. The lowest BCUT2D eigenvalue weighted by molar-refractivity contribution is 0.309. The highest BCUT2D eigenvalue weighted by Gasteiger charge is 2.29. The number of thiocarbonyl (C=S) groups is 1. The van der Waals surface area contributed by atoms with Gasteiger partial charge in [0, 0.05) is 11.7 Å². The number of aryl methyl sites for hydroxylation is 1. The number of benzene rings is 1. The molecule has 0 radical (unpaired) electrons. The zero-order chi connectivity index (χ0) is 19.2. The Kier molecular flexibility index (Phi) is 9.13. The molecule has 0 spiro atoms. The average Bonchev–Trinajstić information content (AvgIpc) is 2.44. The monoisotopic (exact) mass is 408 g/mol. The first-order valence-corrected chi connectivity index (χ1v) is 10.9. The summed E-state index contributed by atoms with van der Waals surface area (Å²) >= 11 is 5.01. The fraction of sp³-hybridized carbons (Fsp3) is 0.562. The molecule has 0 heterocycles. The van der Waals surface area contributed by atoms with Crippen molar-refractivity contribution in [1.82, 2.24) is 0 Å². The van der Waals surface area contributed by atoms with Crippen molar-refractivity contribution in [3.8, 4) is 11.5 Å². The van der Waals surface area contributed by atoms with E-state index in [4.69, 9.17) is 31.3 Å². The lowest BCUT2D eigenvalue weighted by Gasteiger charge is -2.30. The van der Waals surface area contributed by atoms with E-state index < -0.39 is 17.0 Å².